The van der Waals surface area contributed by atoms with Crippen molar-refractivity contribution in [2.24, 2.45) is 5.73 Å². The molecule has 17 heavy (non-hydrogen) atoms. The number of nitrogens with zero attached hydrogens (tertiary/aromatic N) is 1. The Hall–Kier alpha value is -1.87. The first-order valence-corrected chi connectivity index (χ1v) is 5.67. The first kappa shape index (κ1) is 11.6. The number of hydrogen-bond acceptors (Lipinski definition) is 3. The first-order valence-electron chi connectivity index (χ1n) is 5.67. The van der Waals surface area contributed by atoms with Gasteiger partial charge in [-0.15, -0.1) is 0 Å². The van der Waals surface area contributed by atoms with E-state index >= 15 is 0 Å². The molecule has 0 saturated heterocycles. The Balaban J connectivity index is 2.11. The third-order valence-electron chi connectivity index (χ3n) is 2.32. The summed E-state index contributed by atoms with van der Waals surface area (Å²) in [6.07, 6.45) is 2.56. The van der Waals surface area contributed by atoms with Gasteiger partial charge in [-0.3, -0.25) is 0 Å². The van der Waals surface area contributed by atoms with E-state index in [-0.39, 0.29) is 6.04 Å². The Bertz CT molecular complexity index is 469. The maximum atomic E-state index is 5.77. The van der Waals surface area contributed by atoms with Crippen molar-refractivity contribution in [2.45, 2.75) is 19.4 Å². The van der Waals surface area contributed by atoms with Gasteiger partial charge in [-0.05, 0) is 37.1 Å². The van der Waals surface area contributed by atoms with Crippen LogP contribution in [-0.2, 0) is 6.42 Å². The molecule has 0 fully saturated rings. The van der Waals surface area contributed by atoms with Gasteiger partial charge in [0.2, 0.25) is 5.88 Å². The van der Waals surface area contributed by atoms with Crippen LogP contribution in [0.5, 0.6) is 11.6 Å². The van der Waals surface area contributed by atoms with Crippen LogP contribution in [0.4, 0.5) is 0 Å². The van der Waals surface area contributed by atoms with Gasteiger partial charge in [0.05, 0.1) is 0 Å². The second-order valence-corrected chi connectivity index (χ2v) is 4.10. The van der Waals surface area contributed by atoms with Crippen LogP contribution in [0.2, 0.25) is 0 Å². The summed E-state index contributed by atoms with van der Waals surface area (Å²) in [5.74, 6) is 1.40. The van der Waals surface area contributed by atoms with Crippen molar-refractivity contribution in [1.82, 2.24) is 4.98 Å². The van der Waals surface area contributed by atoms with Crippen LogP contribution in [0.15, 0.2) is 48.7 Å². The minimum absolute atomic E-state index is 0.153. The van der Waals surface area contributed by atoms with Gasteiger partial charge in [0.25, 0.3) is 0 Å². The molecular weight excluding hydrogens is 212 g/mol. The molecule has 1 aromatic heterocycles. The van der Waals surface area contributed by atoms with Gasteiger partial charge in [0, 0.05) is 18.3 Å². The topological polar surface area (TPSA) is 48.1 Å². The summed E-state index contributed by atoms with van der Waals surface area (Å²) in [7, 11) is 0. The molecule has 1 atom stereocenters. The molecule has 1 heterocycles. The molecule has 1 unspecified atom stereocenters. The molecule has 3 nitrogen and oxygen atoms in total. The number of rotatable bonds is 4. The summed E-state index contributed by atoms with van der Waals surface area (Å²) >= 11 is 0. The lowest BCUT2D eigenvalue weighted by Crippen LogP contribution is -2.17. The number of ether oxygens (including phenoxy) is 1. The van der Waals surface area contributed by atoms with E-state index in [2.05, 4.69) is 11.1 Å². The normalized spacial score (nSPS) is 12.1. The maximum Gasteiger partial charge on any atom is 0.219 e. The zero-order valence-corrected chi connectivity index (χ0v) is 9.84. The predicted molar refractivity (Wildman–Crippen MR) is 68.1 cm³/mol. The summed E-state index contributed by atoms with van der Waals surface area (Å²) < 4.78 is 5.65. The average Bonchev–Trinajstić information content (AvgIpc) is 2.30. The molecule has 3 heteroatoms. The molecule has 1 aromatic carbocycles. The zero-order valence-electron chi connectivity index (χ0n) is 9.84. The molecule has 0 bridgehead atoms. The summed E-state index contributed by atoms with van der Waals surface area (Å²) in [5, 5.41) is 0. The highest BCUT2D eigenvalue weighted by Crippen LogP contribution is 2.20. The molecule has 2 aromatic rings. The third kappa shape index (κ3) is 3.57. The van der Waals surface area contributed by atoms with E-state index in [1.165, 1.54) is 5.56 Å². The highest BCUT2D eigenvalue weighted by molar-refractivity contribution is 5.31. The van der Waals surface area contributed by atoms with Crippen LogP contribution in [0.3, 0.4) is 0 Å². The van der Waals surface area contributed by atoms with Gasteiger partial charge in [-0.25, -0.2) is 4.98 Å². The van der Waals surface area contributed by atoms with Crippen molar-refractivity contribution in [3.8, 4) is 11.6 Å². The Morgan fingerprint density at radius 3 is 2.82 bits per heavy atom. The third-order valence-corrected chi connectivity index (χ3v) is 2.32. The van der Waals surface area contributed by atoms with Gasteiger partial charge in [-0.1, -0.05) is 18.2 Å². The van der Waals surface area contributed by atoms with Crippen LogP contribution < -0.4 is 10.5 Å². The molecule has 0 aliphatic heterocycles. The number of nitrogens with two attached hydrogens (primary N) is 1. The largest absolute Gasteiger partial charge is 0.439 e. The van der Waals surface area contributed by atoms with Gasteiger partial charge >= 0.3 is 0 Å². The van der Waals surface area contributed by atoms with Crippen molar-refractivity contribution in [3.05, 3.63) is 54.2 Å². The van der Waals surface area contributed by atoms with Crippen molar-refractivity contribution < 1.29 is 4.74 Å². The van der Waals surface area contributed by atoms with Gasteiger partial charge in [0.15, 0.2) is 0 Å². The van der Waals surface area contributed by atoms with Crippen molar-refractivity contribution in [1.29, 1.82) is 0 Å². The number of pyridine rings is 1. The van der Waals surface area contributed by atoms with Crippen LogP contribution >= 0.6 is 0 Å². The minimum atomic E-state index is 0.153. The number of hydrogen-bond donors (Lipinski definition) is 1. The Labute approximate surface area is 101 Å². The Kier molecular flexibility index (Phi) is 3.73. The lowest BCUT2D eigenvalue weighted by molar-refractivity contribution is 0.462. The van der Waals surface area contributed by atoms with E-state index in [4.69, 9.17) is 10.5 Å². The summed E-state index contributed by atoms with van der Waals surface area (Å²) in [5.41, 5.74) is 6.95. The van der Waals surface area contributed by atoms with Crippen LogP contribution in [0.25, 0.3) is 0 Å². The van der Waals surface area contributed by atoms with Crippen LogP contribution in [0, 0.1) is 0 Å². The summed E-state index contributed by atoms with van der Waals surface area (Å²) in [6, 6.07) is 13.7. The molecule has 0 radical (unpaired) electrons. The quantitative estimate of drug-likeness (QED) is 0.875. The first-order chi connectivity index (χ1) is 8.24. The van der Waals surface area contributed by atoms with E-state index in [1.54, 1.807) is 6.20 Å². The van der Waals surface area contributed by atoms with Crippen LogP contribution in [-0.4, -0.2) is 11.0 Å². The summed E-state index contributed by atoms with van der Waals surface area (Å²) in [6.45, 7) is 1.99. The van der Waals surface area contributed by atoms with E-state index in [1.807, 2.05) is 43.3 Å². The minimum Gasteiger partial charge on any atom is -0.439 e. The zero-order chi connectivity index (χ0) is 12.1. The monoisotopic (exact) mass is 228 g/mol. The molecular formula is C14H16N2O. The van der Waals surface area contributed by atoms with E-state index in [0.29, 0.717) is 5.88 Å². The highest BCUT2D eigenvalue weighted by Gasteiger charge is 2.01. The lowest BCUT2D eigenvalue weighted by atomic mass is 10.1. The standard InChI is InChI=1S/C14H16N2O/c1-11(15)9-12-5-4-6-13(10-12)17-14-7-2-3-8-16-14/h2-8,10-11H,9,15H2,1H3. The molecule has 0 aliphatic carbocycles. The SMILES string of the molecule is CC(N)Cc1cccc(Oc2ccccn2)c1. The summed E-state index contributed by atoms with van der Waals surface area (Å²) in [4.78, 5) is 4.12. The molecule has 88 valence electrons. The number of aromatic nitrogens is 1. The van der Waals surface area contributed by atoms with Crippen molar-refractivity contribution in [2.75, 3.05) is 0 Å². The second kappa shape index (κ2) is 5.46. The van der Waals surface area contributed by atoms with E-state index in [9.17, 15) is 0 Å². The fourth-order valence-corrected chi connectivity index (χ4v) is 1.64. The average molecular weight is 228 g/mol. The predicted octanol–water partition coefficient (Wildman–Crippen LogP) is 2.76. The molecule has 0 saturated carbocycles. The van der Waals surface area contributed by atoms with Crippen molar-refractivity contribution in [3.63, 3.8) is 0 Å². The molecule has 2 N–H and O–H groups in total. The van der Waals surface area contributed by atoms with Gasteiger partial charge in [-0.2, -0.15) is 0 Å². The fourth-order valence-electron chi connectivity index (χ4n) is 1.64. The Morgan fingerprint density at radius 1 is 1.24 bits per heavy atom. The lowest BCUT2D eigenvalue weighted by Gasteiger charge is -2.08. The molecule has 2 rings (SSSR count). The molecule has 0 spiro atoms. The van der Waals surface area contributed by atoms with E-state index < -0.39 is 0 Å². The van der Waals surface area contributed by atoms with Crippen molar-refractivity contribution >= 4 is 0 Å². The smallest absolute Gasteiger partial charge is 0.219 e. The highest BCUT2D eigenvalue weighted by atomic mass is 16.5. The molecule has 0 aliphatic rings. The second-order valence-electron chi connectivity index (χ2n) is 4.10. The Morgan fingerprint density at radius 2 is 2.12 bits per heavy atom. The van der Waals surface area contributed by atoms with Gasteiger partial charge in [0.1, 0.15) is 5.75 Å². The fraction of sp³-hybridized carbons (Fsp3) is 0.214. The van der Waals surface area contributed by atoms with Gasteiger partial charge < -0.3 is 10.5 Å². The van der Waals surface area contributed by atoms with E-state index in [0.717, 1.165) is 12.2 Å². The maximum absolute atomic E-state index is 5.77. The molecule has 0 amide bonds. The number of benzene rings is 1. The van der Waals surface area contributed by atoms with Crippen LogP contribution in [0.1, 0.15) is 12.5 Å².